The zero-order valence-corrected chi connectivity index (χ0v) is 18.1. The lowest BCUT2D eigenvalue weighted by Crippen LogP contribution is -2.48. The van der Waals surface area contributed by atoms with Crippen molar-refractivity contribution in [3.8, 4) is 23.0 Å². The number of hydrogen-bond donors (Lipinski definition) is 1. The third-order valence-electron chi connectivity index (χ3n) is 6.01. The molecule has 1 aliphatic heterocycles. The first kappa shape index (κ1) is 21.2. The van der Waals surface area contributed by atoms with E-state index in [1.54, 1.807) is 28.9 Å². The molecule has 0 saturated heterocycles. The van der Waals surface area contributed by atoms with Gasteiger partial charge in [-0.3, -0.25) is 4.79 Å². The number of carbonyl (C=O) groups is 2. The number of amides is 1. The van der Waals surface area contributed by atoms with Crippen LogP contribution in [0.25, 0.3) is 16.9 Å². The quantitative estimate of drug-likeness (QED) is 0.508. The van der Waals surface area contributed by atoms with Crippen molar-refractivity contribution in [1.82, 2.24) is 14.7 Å². The van der Waals surface area contributed by atoms with Crippen LogP contribution in [0.2, 0.25) is 0 Å². The predicted molar refractivity (Wildman–Crippen MR) is 125 cm³/mol. The number of carboxylic acid groups (broad SMARTS) is 1. The molecule has 2 heterocycles. The van der Waals surface area contributed by atoms with E-state index in [9.17, 15) is 20.0 Å². The number of fused-ring (bicyclic) bond motifs is 1. The zero-order valence-electron chi connectivity index (χ0n) is 18.1. The molecule has 1 amide bonds. The number of nitrogens with zero attached hydrogens (tertiary/aromatic N) is 4. The van der Waals surface area contributed by atoms with Crippen molar-refractivity contribution < 1.29 is 14.7 Å². The summed E-state index contributed by atoms with van der Waals surface area (Å²) in [5.74, 6) is -1.50. The number of carbonyl (C=O) groups excluding carboxylic acids is 1. The summed E-state index contributed by atoms with van der Waals surface area (Å²) >= 11 is 0. The Morgan fingerprint density at radius 3 is 2.41 bits per heavy atom. The summed E-state index contributed by atoms with van der Waals surface area (Å²) in [5, 5.41) is 23.8. The number of aliphatic carboxylic acids is 1. The van der Waals surface area contributed by atoms with Crippen molar-refractivity contribution in [2.24, 2.45) is 0 Å². The summed E-state index contributed by atoms with van der Waals surface area (Å²) in [7, 11) is 0. The molecule has 166 valence electrons. The van der Waals surface area contributed by atoms with Crippen LogP contribution in [0.15, 0.2) is 84.9 Å². The molecule has 1 N–H and O–H groups in total. The first-order valence-electron chi connectivity index (χ1n) is 10.8. The van der Waals surface area contributed by atoms with Crippen LogP contribution in [0.4, 0.5) is 0 Å². The molecule has 0 bridgehead atoms. The van der Waals surface area contributed by atoms with Crippen LogP contribution in [0.3, 0.4) is 0 Å². The van der Waals surface area contributed by atoms with Gasteiger partial charge in [0.2, 0.25) is 0 Å². The third kappa shape index (κ3) is 3.82. The normalized spacial score (nSPS) is 14.8. The molecule has 1 aliphatic rings. The molecule has 1 atom stereocenters. The van der Waals surface area contributed by atoms with Crippen molar-refractivity contribution >= 4 is 11.9 Å². The van der Waals surface area contributed by atoms with Crippen LogP contribution in [0.5, 0.6) is 0 Å². The second kappa shape index (κ2) is 8.68. The molecule has 0 radical (unpaired) electrons. The van der Waals surface area contributed by atoms with Crippen molar-refractivity contribution in [3.63, 3.8) is 0 Å². The first-order chi connectivity index (χ1) is 16.5. The van der Waals surface area contributed by atoms with Crippen LogP contribution >= 0.6 is 0 Å². The van der Waals surface area contributed by atoms with E-state index in [4.69, 9.17) is 0 Å². The molecule has 0 spiro atoms. The maximum Gasteiger partial charge on any atom is 0.326 e. The van der Waals surface area contributed by atoms with Gasteiger partial charge in [-0.05, 0) is 35.4 Å². The van der Waals surface area contributed by atoms with Crippen molar-refractivity contribution in [3.05, 3.63) is 107 Å². The Hall–Kier alpha value is -4.70. The van der Waals surface area contributed by atoms with E-state index < -0.39 is 17.9 Å². The first-order valence-corrected chi connectivity index (χ1v) is 10.8. The average Bonchev–Trinajstić information content (AvgIpc) is 3.33. The highest BCUT2D eigenvalue weighted by Gasteiger charge is 2.36. The highest BCUT2D eigenvalue weighted by Crippen LogP contribution is 2.28. The summed E-state index contributed by atoms with van der Waals surface area (Å²) in [4.78, 5) is 27.0. The fourth-order valence-electron chi connectivity index (χ4n) is 4.31. The third-order valence-corrected chi connectivity index (χ3v) is 6.01. The lowest BCUT2D eigenvalue weighted by Gasteiger charge is -2.34. The van der Waals surface area contributed by atoms with Gasteiger partial charge < -0.3 is 10.0 Å². The van der Waals surface area contributed by atoms with Gasteiger partial charge in [0.1, 0.15) is 6.04 Å². The summed E-state index contributed by atoms with van der Waals surface area (Å²) in [6.07, 6.45) is 0.244. The Morgan fingerprint density at radius 1 is 0.941 bits per heavy atom. The monoisotopic (exact) mass is 448 g/mol. The minimum atomic E-state index is -1.05. The van der Waals surface area contributed by atoms with Gasteiger partial charge in [-0.15, -0.1) is 0 Å². The van der Waals surface area contributed by atoms with Crippen LogP contribution in [0.1, 0.15) is 27.2 Å². The lowest BCUT2D eigenvalue weighted by molar-refractivity contribution is -0.142. The van der Waals surface area contributed by atoms with Gasteiger partial charge in [0.05, 0.1) is 23.0 Å². The maximum atomic E-state index is 13.6. The van der Waals surface area contributed by atoms with E-state index in [1.165, 1.54) is 4.90 Å². The second-order valence-electron chi connectivity index (χ2n) is 8.11. The topological polar surface area (TPSA) is 99.2 Å². The number of rotatable bonds is 4. The fourth-order valence-corrected chi connectivity index (χ4v) is 4.31. The van der Waals surface area contributed by atoms with Gasteiger partial charge in [0.25, 0.3) is 5.91 Å². The molecule has 0 unspecified atom stereocenters. The van der Waals surface area contributed by atoms with Crippen LogP contribution in [0, 0.1) is 11.3 Å². The van der Waals surface area contributed by atoms with Crippen LogP contribution in [-0.4, -0.2) is 37.7 Å². The van der Waals surface area contributed by atoms with Gasteiger partial charge >= 0.3 is 5.97 Å². The Kier molecular flexibility index (Phi) is 5.40. The number of aromatic nitrogens is 2. The molecule has 7 heteroatoms. The number of nitriles is 1. The minimum Gasteiger partial charge on any atom is -0.480 e. The SMILES string of the molecule is N#Cc1cccc(-n2nc(C(=O)N3Cc4ccccc4C[C@H]3C(=O)O)cc2-c2ccccc2)c1. The molecule has 1 aromatic heterocycles. The van der Waals surface area contributed by atoms with E-state index in [-0.39, 0.29) is 18.7 Å². The van der Waals surface area contributed by atoms with Gasteiger partial charge in [0, 0.05) is 18.5 Å². The molecule has 5 rings (SSSR count). The summed E-state index contributed by atoms with van der Waals surface area (Å²) in [6, 6.07) is 26.9. The van der Waals surface area contributed by atoms with Crippen LogP contribution in [-0.2, 0) is 17.8 Å². The van der Waals surface area contributed by atoms with Gasteiger partial charge in [-0.1, -0.05) is 60.7 Å². The Bertz CT molecular complexity index is 1440. The Balaban J connectivity index is 1.60. The van der Waals surface area contributed by atoms with E-state index in [1.807, 2.05) is 60.7 Å². The molecular weight excluding hydrogens is 428 g/mol. The van der Waals surface area contributed by atoms with E-state index in [0.29, 0.717) is 16.9 Å². The fraction of sp³-hybridized carbons (Fsp3) is 0.111. The summed E-state index contributed by atoms with van der Waals surface area (Å²) in [5.41, 5.74) is 4.63. The predicted octanol–water partition coefficient (Wildman–Crippen LogP) is 4.06. The van der Waals surface area contributed by atoms with Crippen molar-refractivity contribution in [2.75, 3.05) is 0 Å². The van der Waals surface area contributed by atoms with Gasteiger partial charge in [-0.25, -0.2) is 9.48 Å². The number of hydrogen-bond acceptors (Lipinski definition) is 4. The smallest absolute Gasteiger partial charge is 0.326 e. The lowest BCUT2D eigenvalue weighted by atomic mass is 9.93. The molecule has 0 fully saturated rings. The van der Waals surface area contributed by atoms with E-state index in [0.717, 1.165) is 16.7 Å². The van der Waals surface area contributed by atoms with Gasteiger partial charge in [-0.2, -0.15) is 10.4 Å². The molecule has 34 heavy (non-hydrogen) atoms. The highest BCUT2D eigenvalue weighted by molar-refractivity contribution is 5.96. The largest absolute Gasteiger partial charge is 0.480 e. The second-order valence-corrected chi connectivity index (χ2v) is 8.11. The average molecular weight is 448 g/mol. The summed E-state index contributed by atoms with van der Waals surface area (Å²) in [6.45, 7) is 0.198. The zero-order chi connectivity index (χ0) is 23.7. The summed E-state index contributed by atoms with van der Waals surface area (Å²) < 4.78 is 1.62. The molecule has 0 saturated carbocycles. The maximum absolute atomic E-state index is 13.6. The Labute approximate surface area is 196 Å². The van der Waals surface area contributed by atoms with Crippen molar-refractivity contribution in [2.45, 2.75) is 19.0 Å². The van der Waals surface area contributed by atoms with Gasteiger partial charge in [0.15, 0.2) is 5.69 Å². The molecule has 0 aliphatic carbocycles. The molecular formula is C27H20N4O3. The number of benzene rings is 3. The molecule has 4 aromatic rings. The van der Waals surface area contributed by atoms with Crippen molar-refractivity contribution in [1.29, 1.82) is 5.26 Å². The number of carboxylic acids is 1. The van der Waals surface area contributed by atoms with E-state index >= 15 is 0 Å². The minimum absolute atomic E-state index is 0.145. The standard InChI is InChI=1S/C27H20N4O3/c28-16-18-7-6-12-22(13-18)31-24(19-8-2-1-3-9-19)15-23(29-31)26(32)30-17-21-11-5-4-10-20(21)14-25(30)27(33)34/h1-13,15,25H,14,17H2,(H,33,34)/t25-/m0/s1. The Morgan fingerprint density at radius 2 is 1.68 bits per heavy atom. The van der Waals surface area contributed by atoms with E-state index in [2.05, 4.69) is 11.2 Å². The molecule has 7 nitrogen and oxygen atoms in total. The molecule has 3 aromatic carbocycles. The highest BCUT2D eigenvalue weighted by atomic mass is 16.4. The van der Waals surface area contributed by atoms with Crippen LogP contribution < -0.4 is 0 Å².